The van der Waals surface area contributed by atoms with Gasteiger partial charge in [0.2, 0.25) is 0 Å². The molecular weight excluding hydrogens is 246 g/mol. The van der Waals surface area contributed by atoms with Crippen molar-refractivity contribution in [2.75, 3.05) is 13.1 Å². The Morgan fingerprint density at radius 3 is 2.10 bits per heavy atom. The van der Waals surface area contributed by atoms with Gasteiger partial charge < -0.3 is 17.2 Å². The maximum atomic E-state index is 6.35. The molecule has 0 bridgehead atoms. The second-order valence-corrected chi connectivity index (χ2v) is 6.70. The van der Waals surface area contributed by atoms with E-state index in [2.05, 4.69) is 6.92 Å². The highest BCUT2D eigenvalue weighted by molar-refractivity contribution is 4.95. The fourth-order valence-electron chi connectivity index (χ4n) is 3.43. The molecule has 0 saturated heterocycles. The van der Waals surface area contributed by atoms with E-state index in [4.69, 9.17) is 17.2 Å². The van der Waals surface area contributed by atoms with Crippen LogP contribution in [-0.2, 0) is 0 Å². The van der Waals surface area contributed by atoms with Gasteiger partial charge in [-0.3, -0.25) is 0 Å². The fraction of sp³-hybridized carbons (Fsp3) is 0.941. The molecule has 0 amide bonds. The number of hydrogen-bond donors (Lipinski definition) is 3. The van der Waals surface area contributed by atoms with Gasteiger partial charge in [0.25, 0.3) is 0 Å². The summed E-state index contributed by atoms with van der Waals surface area (Å²) in [4.78, 5) is 0. The molecule has 1 saturated carbocycles. The summed E-state index contributed by atoms with van der Waals surface area (Å²) in [5, 5.41) is 0. The van der Waals surface area contributed by atoms with E-state index >= 15 is 0 Å². The van der Waals surface area contributed by atoms with Gasteiger partial charge in [0.15, 0.2) is 0 Å². The third kappa shape index (κ3) is 7.05. The van der Waals surface area contributed by atoms with Gasteiger partial charge in [-0.05, 0) is 69.4 Å². The normalized spacial score (nSPS) is 21.6. The van der Waals surface area contributed by atoms with Crippen LogP contribution in [0.25, 0.3) is 0 Å². The second-order valence-electron chi connectivity index (χ2n) is 6.70. The first-order valence-corrected chi connectivity index (χ1v) is 8.68. The van der Waals surface area contributed by atoms with Crippen LogP contribution in [0.1, 0.15) is 71.1 Å². The summed E-state index contributed by atoms with van der Waals surface area (Å²) in [5.41, 5.74) is 18.1. The highest BCUT2D eigenvalue weighted by Crippen LogP contribution is 2.30. The first kappa shape index (κ1) is 17.9. The van der Waals surface area contributed by atoms with Gasteiger partial charge in [-0.15, -0.1) is 0 Å². The van der Waals surface area contributed by atoms with Crippen molar-refractivity contribution in [2.24, 2.45) is 29.0 Å². The van der Waals surface area contributed by atoms with Crippen molar-refractivity contribution in [3.05, 3.63) is 5.92 Å². The van der Waals surface area contributed by atoms with Crippen LogP contribution in [0.15, 0.2) is 0 Å². The molecule has 0 aromatic heterocycles. The van der Waals surface area contributed by atoms with Crippen molar-refractivity contribution in [3.8, 4) is 0 Å². The van der Waals surface area contributed by atoms with Crippen molar-refractivity contribution in [2.45, 2.75) is 77.2 Å². The fourth-order valence-corrected chi connectivity index (χ4v) is 3.43. The van der Waals surface area contributed by atoms with Gasteiger partial charge in [0.05, 0.1) is 0 Å². The number of hydrogen-bond acceptors (Lipinski definition) is 3. The molecule has 0 aliphatic heterocycles. The summed E-state index contributed by atoms with van der Waals surface area (Å²) in [6, 6.07) is 0.314. The summed E-state index contributed by atoms with van der Waals surface area (Å²) >= 11 is 0. The van der Waals surface area contributed by atoms with Gasteiger partial charge in [-0.25, -0.2) is 0 Å². The zero-order chi connectivity index (χ0) is 14.8. The maximum absolute atomic E-state index is 6.35. The Morgan fingerprint density at radius 1 is 0.950 bits per heavy atom. The molecule has 3 atom stereocenters. The lowest BCUT2D eigenvalue weighted by Gasteiger charge is -2.26. The van der Waals surface area contributed by atoms with Gasteiger partial charge in [-0.1, -0.05) is 32.6 Å². The minimum Gasteiger partial charge on any atom is -0.330 e. The lowest BCUT2D eigenvalue weighted by atomic mass is 9.82. The Morgan fingerprint density at radius 2 is 1.55 bits per heavy atom. The minimum absolute atomic E-state index is 0.314. The van der Waals surface area contributed by atoms with E-state index in [0.29, 0.717) is 17.9 Å². The summed E-state index contributed by atoms with van der Waals surface area (Å²) in [5.74, 6) is 2.94. The average molecular weight is 282 g/mol. The Labute approximate surface area is 126 Å². The molecule has 1 aliphatic rings. The van der Waals surface area contributed by atoms with Gasteiger partial charge in [0, 0.05) is 6.04 Å². The molecule has 1 rings (SSSR count). The molecule has 3 nitrogen and oxygen atoms in total. The molecule has 1 fully saturated rings. The van der Waals surface area contributed by atoms with E-state index in [1.807, 2.05) is 0 Å². The van der Waals surface area contributed by atoms with Crippen LogP contribution in [-0.4, -0.2) is 19.1 Å². The van der Waals surface area contributed by atoms with Crippen LogP contribution < -0.4 is 17.2 Å². The first-order valence-electron chi connectivity index (χ1n) is 8.68. The van der Waals surface area contributed by atoms with E-state index in [9.17, 15) is 0 Å². The van der Waals surface area contributed by atoms with Crippen molar-refractivity contribution >= 4 is 0 Å². The van der Waals surface area contributed by atoms with Gasteiger partial charge >= 0.3 is 0 Å². The zero-order valence-corrected chi connectivity index (χ0v) is 13.4. The number of nitrogens with two attached hydrogens (primary N) is 3. The van der Waals surface area contributed by atoms with Crippen LogP contribution in [0, 0.1) is 17.8 Å². The zero-order valence-electron chi connectivity index (χ0n) is 13.4. The summed E-state index contributed by atoms with van der Waals surface area (Å²) in [7, 11) is 0. The summed E-state index contributed by atoms with van der Waals surface area (Å²) in [6.45, 7) is 3.79. The van der Waals surface area contributed by atoms with E-state index in [1.54, 1.807) is 5.92 Å². The van der Waals surface area contributed by atoms with Crippen LogP contribution in [0.2, 0.25) is 0 Å². The predicted octanol–water partition coefficient (Wildman–Crippen LogP) is 2.97. The average Bonchev–Trinajstić information content (AvgIpc) is 2.48. The number of rotatable bonds is 10. The molecule has 1 radical (unpaired) electrons. The topological polar surface area (TPSA) is 78.1 Å². The molecule has 3 heteroatoms. The highest BCUT2D eigenvalue weighted by atomic mass is 14.6. The van der Waals surface area contributed by atoms with Crippen LogP contribution in [0.3, 0.4) is 0 Å². The third-order valence-electron chi connectivity index (χ3n) is 4.97. The molecule has 1 aliphatic carbocycles. The van der Waals surface area contributed by atoms with Crippen molar-refractivity contribution in [1.82, 2.24) is 0 Å². The van der Waals surface area contributed by atoms with Crippen molar-refractivity contribution in [3.63, 3.8) is 0 Å². The molecule has 3 unspecified atom stereocenters. The highest BCUT2D eigenvalue weighted by Gasteiger charge is 2.20. The summed E-state index contributed by atoms with van der Waals surface area (Å²) in [6.07, 6.45) is 12.6. The minimum atomic E-state index is 0.314. The SMILES string of the molecule is CCC(CN)CCC(CN)CC(N)C[C]1CCCCC1. The second kappa shape index (κ2) is 10.6. The molecular formula is C17H36N3. The summed E-state index contributed by atoms with van der Waals surface area (Å²) < 4.78 is 0. The molecule has 0 heterocycles. The Balaban J connectivity index is 2.23. The molecule has 0 aromatic carbocycles. The predicted molar refractivity (Wildman–Crippen MR) is 88.2 cm³/mol. The van der Waals surface area contributed by atoms with Gasteiger partial charge in [-0.2, -0.15) is 0 Å². The first-order chi connectivity index (χ1) is 9.69. The lowest BCUT2D eigenvalue weighted by Crippen LogP contribution is -2.30. The van der Waals surface area contributed by atoms with Gasteiger partial charge in [0.1, 0.15) is 0 Å². The van der Waals surface area contributed by atoms with Crippen LogP contribution in [0.5, 0.6) is 0 Å². The Bertz CT molecular complexity index is 222. The van der Waals surface area contributed by atoms with Crippen LogP contribution in [0.4, 0.5) is 0 Å². The standard InChI is InChI=1S/C17H36N3/c1-2-14(12-18)8-9-16(13-19)11-17(20)10-15-6-4-3-5-7-15/h14,16-17H,2-13,18-20H2,1H3. The molecule has 0 aromatic rings. The van der Waals surface area contributed by atoms with E-state index in [0.717, 1.165) is 25.9 Å². The largest absolute Gasteiger partial charge is 0.330 e. The van der Waals surface area contributed by atoms with E-state index < -0.39 is 0 Å². The molecule has 0 spiro atoms. The Hall–Kier alpha value is -0.120. The van der Waals surface area contributed by atoms with Crippen molar-refractivity contribution in [1.29, 1.82) is 0 Å². The van der Waals surface area contributed by atoms with E-state index in [1.165, 1.54) is 51.4 Å². The smallest absolute Gasteiger partial charge is 0.00474 e. The van der Waals surface area contributed by atoms with Crippen LogP contribution >= 0.6 is 0 Å². The third-order valence-corrected chi connectivity index (χ3v) is 4.97. The lowest BCUT2D eigenvalue weighted by molar-refractivity contribution is 0.347. The van der Waals surface area contributed by atoms with Crippen molar-refractivity contribution < 1.29 is 0 Å². The molecule has 119 valence electrons. The monoisotopic (exact) mass is 282 g/mol. The molecule has 20 heavy (non-hydrogen) atoms. The quantitative estimate of drug-likeness (QED) is 0.576. The molecule has 6 N–H and O–H groups in total. The van der Waals surface area contributed by atoms with E-state index in [-0.39, 0.29) is 0 Å². The Kier molecular flexibility index (Phi) is 9.49. The maximum Gasteiger partial charge on any atom is 0.00474 e.